The molecule has 0 bridgehead atoms. The molecule has 1 aliphatic heterocycles. The van der Waals surface area contributed by atoms with Crippen LogP contribution in [-0.4, -0.2) is 29.0 Å². The standard InChI is InChI=1S/C23H23FN4OS/c24-19-7-4-8-20(13-19)30-22-14-21(26-16-27-22)28-11-9-18(10-12-28)23(29)25-15-17-5-2-1-3-6-17/h1-8,13-14,16,18H,9-12,15H2,(H,25,29). The van der Waals surface area contributed by atoms with Crippen molar-refractivity contribution in [3.8, 4) is 0 Å². The molecule has 0 unspecified atom stereocenters. The summed E-state index contributed by atoms with van der Waals surface area (Å²) in [5, 5.41) is 3.82. The average molecular weight is 423 g/mol. The van der Waals surface area contributed by atoms with Crippen molar-refractivity contribution in [2.45, 2.75) is 29.3 Å². The van der Waals surface area contributed by atoms with Gasteiger partial charge in [-0.25, -0.2) is 14.4 Å². The fraction of sp³-hybridized carbons (Fsp3) is 0.261. The quantitative estimate of drug-likeness (QED) is 0.600. The lowest BCUT2D eigenvalue weighted by Gasteiger charge is -2.32. The van der Waals surface area contributed by atoms with Crippen LogP contribution in [0.3, 0.4) is 0 Å². The van der Waals surface area contributed by atoms with E-state index in [0.717, 1.165) is 47.2 Å². The highest BCUT2D eigenvalue weighted by Gasteiger charge is 2.25. The summed E-state index contributed by atoms with van der Waals surface area (Å²) in [4.78, 5) is 24.2. The molecule has 0 saturated carbocycles. The molecule has 0 spiro atoms. The van der Waals surface area contributed by atoms with Crippen LogP contribution in [-0.2, 0) is 11.3 Å². The normalized spacial score (nSPS) is 14.5. The number of hydrogen-bond donors (Lipinski definition) is 1. The largest absolute Gasteiger partial charge is 0.356 e. The Bertz CT molecular complexity index is 993. The Labute approximate surface area is 179 Å². The third-order valence-corrected chi connectivity index (χ3v) is 6.07. The average Bonchev–Trinajstić information content (AvgIpc) is 2.78. The molecule has 5 nitrogen and oxygen atoms in total. The maximum Gasteiger partial charge on any atom is 0.223 e. The smallest absolute Gasteiger partial charge is 0.223 e. The Balaban J connectivity index is 1.31. The number of anilines is 1. The van der Waals surface area contributed by atoms with Crippen molar-refractivity contribution in [3.05, 3.63) is 78.4 Å². The number of nitrogens with one attached hydrogen (secondary N) is 1. The zero-order chi connectivity index (χ0) is 20.8. The van der Waals surface area contributed by atoms with Gasteiger partial charge in [-0.2, -0.15) is 0 Å². The molecule has 2 aromatic carbocycles. The molecule has 7 heteroatoms. The van der Waals surface area contributed by atoms with Crippen LogP contribution < -0.4 is 10.2 Å². The number of nitrogens with zero attached hydrogens (tertiary/aromatic N) is 3. The predicted octanol–water partition coefficient (Wildman–Crippen LogP) is 4.30. The number of amides is 1. The molecule has 3 aromatic rings. The van der Waals surface area contributed by atoms with Crippen molar-refractivity contribution >= 4 is 23.5 Å². The summed E-state index contributed by atoms with van der Waals surface area (Å²) in [5.74, 6) is 0.713. The molecule has 30 heavy (non-hydrogen) atoms. The lowest BCUT2D eigenvalue weighted by Crippen LogP contribution is -2.40. The minimum Gasteiger partial charge on any atom is -0.356 e. The van der Waals surface area contributed by atoms with E-state index in [0.29, 0.717) is 6.54 Å². The van der Waals surface area contributed by atoms with Crippen LogP contribution in [0.15, 0.2) is 76.9 Å². The van der Waals surface area contributed by atoms with E-state index in [4.69, 9.17) is 0 Å². The molecule has 1 amide bonds. The lowest BCUT2D eigenvalue weighted by atomic mass is 9.96. The summed E-state index contributed by atoms with van der Waals surface area (Å²) in [6.07, 6.45) is 3.11. The van der Waals surface area contributed by atoms with Gasteiger partial charge in [0.1, 0.15) is 23.0 Å². The molecular formula is C23H23FN4OS. The first-order valence-corrected chi connectivity index (χ1v) is 10.8. The molecule has 154 valence electrons. The highest BCUT2D eigenvalue weighted by atomic mass is 32.2. The van der Waals surface area contributed by atoms with Crippen molar-refractivity contribution in [1.82, 2.24) is 15.3 Å². The third-order valence-electron chi connectivity index (χ3n) is 5.15. The van der Waals surface area contributed by atoms with Gasteiger partial charge in [-0.05, 0) is 36.6 Å². The highest BCUT2D eigenvalue weighted by molar-refractivity contribution is 7.99. The lowest BCUT2D eigenvalue weighted by molar-refractivity contribution is -0.125. The molecule has 0 aliphatic carbocycles. The Kier molecular flexibility index (Phi) is 6.59. The van der Waals surface area contributed by atoms with Crippen LogP contribution in [0.5, 0.6) is 0 Å². The number of hydrogen-bond acceptors (Lipinski definition) is 5. The molecule has 0 radical (unpaired) electrons. The Morgan fingerprint density at radius 3 is 2.63 bits per heavy atom. The maximum absolute atomic E-state index is 13.4. The summed E-state index contributed by atoms with van der Waals surface area (Å²) in [7, 11) is 0. The molecule has 1 aliphatic rings. The second kappa shape index (κ2) is 9.71. The SMILES string of the molecule is O=C(NCc1ccccc1)C1CCN(c2cc(Sc3cccc(F)c3)ncn2)CC1. The molecule has 1 saturated heterocycles. The number of carbonyl (C=O) groups excluding carboxylic acids is 1. The molecule has 4 rings (SSSR count). The summed E-state index contributed by atoms with van der Waals surface area (Å²) in [6, 6.07) is 18.3. The first-order chi connectivity index (χ1) is 14.7. The summed E-state index contributed by atoms with van der Waals surface area (Å²) >= 11 is 1.41. The van der Waals surface area contributed by atoms with Gasteiger partial charge in [-0.1, -0.05) is 48.2 Å². The zero-order valence-corrected chi connectivity index (χ0v) is 17.3. The minimum atomic E-state index is -0.262. The molecule has 2 heterocycles. The Morgan fingerprint density at radius 1 is 1.07 bits per heavy atom. The van der Waals surface area contributed by atoms with Crippen molar-refractivity contribution in [2.24, 2.45) is 5.92 Å². The zero-order valence-electron chi connectivity index (χ0n) is 16.5. The van der Waals surface area contributed by atoms with Gasteiger partial charge >= 0.3 is 0 Å². The number of halogens is 1. The van der Waals surface area contributed by atoms with E-state index in [1.165, 1.54) is 30.2 Å². The van der Waals surface area contributed by atoms with E-state index in [-0.39, 0.29) is 17.6 Å². The number of piperidine rings is 1. The molecule has 0 atom stereocenters. The van der Waals surface area contributed by atoms with Gasteiger partial charge in [-0.15, -0.1) is 0 Å². The monoisotopic (exact) mass is 422 g/mol. The van der Waals surface area contributed by atoms with Crippen LogP contribution in [0.2, 0.25) is 0 Å². The van der Waals surface area contributed by atoms with Crippen molar-refractivity contribution in [2.75, 3.05) is 18.0 Å². The van der Waals surface area contributed by atoms with Gasteiger partial charge in [0.25, 0.3) is 0 Å². The van der Waals surface area contributed by atoms with Crippen LogP contribution in [0.4, 0.5) is 10.2 Å². The fourth-order valence-electron chi connectivity index (χ4n) is 3.51. The van der Waals surface area contributed by atoms with Crippen LogP contribution in [0.25, 0.3) is 0 Å². The van der Waals surface area contributed by atoms with Gasteiger partial charge in [0.15, 0.2) is 0 Å². The van der Waals surface area contributed by atoms with Gasteiger partial charge in [0, 0.05) is 36.5 Å². The van der Waals surface area contributed by atoms with Crippen molar-refractivity contribution < 1.29 is 9.18 Å². The van der Waals surface area contributed by atoms with Gasteiger partial charge in [0.05, 0.1) is 0 Å². The highest BCUT2D eigenvalue weighted by Crippen LogP contribution is 2.29. The number of rotatable bonds is 6. The minimum absolute atomic E-state index is 0.0212. The first-order valence-electron chi connectivity index (χ1n) is 9.99. The van der Waals surface area contributed by atoms with Crippen molar-refractivity contribution in [3.63, 3.8) is 0 Å². The van der Waals surface area contributed by atoms with Crippen LogP contribution in [0, 0.1) is 11.7 Å². The van der Waals surface area contributed by atoms with E-state index in [9.17, 15) is 9.18 Å². The van der Waals surface area contributed by atoms with E-state index in [1.54, 1.807) is 6.07 Å². The maximum atomic E-state index is 13.4. The van der Waals surface area contributed by atoms with Crippen LogP contribution in [0.1, 0.15) is 18.4 Å². The van der Waals surface area contributed by atoms with E-state index in [1.807, 2.05) is 42.5 Å². The Morgan fingerprint density at radius 2 is 1.87 bits per heavy atom. The van der Waals surface area contributed by atoms with E-state index in [2.05, 4.69) is 20.2 Å². The van der Waals surface area contributed by atoms with Gasteiger partial charge in [-0.3, -0.25) is 4.79 Å². The first kappa shape index (κ1) is 20.3. The van der Waals surface area contributed by atoms with E-state index < -0.39 is 0 Å². The van der Waals surface area contributed by atoms with E-state index >= 15 is 0 Å². The summed E-state index contributed by atoms with van der Waals surface area (Å²) in [6.45, 7) is 2.10. The predicted molar refractivity (Wildman–Crippen MR) is 116 cm³/mol. The molecular weight excluding hydrogens is 399 g/mol. The van der Waals surface area contributed by atoms with Crippen molar-refractivity contribution in [1.29, 1.82) is 0 Å². The summed E-state index contributed by atoms with van der Waals surface area (Å²) < 4.78 is 13.4. The summed E-state index contributed by atoms with van der Waals surface area (Å²) in [5.41, 5.74) is 1.10. The second-order valence-electron chi connectivity index (χ2n) is 7.24. The van der Waals surface area contributed by atoms with Gasteiger partial charge < -0.3 is 10.2 Å². The topological polar surface area (TPSA) is 58.1 Å². The molecule has 1 fully saturated rings. The second-order valence-corrected chi connectivity index (χ2v) is 8.33. The number of aromatic nitrogens is 2. The van der Waals surface area contributed by atoms with Gasteiger partial charge in [0.2, 0.25) is 5.91 Å². The Hall–Kier alpha value is -2.93. The van der Waals surface area contributed by atoms with Crippen LogP contribution >= 0.6 is 11.8 Å². The third kappa shape index (κ3) is 5.36. The fourth-order valence-corrected chi connectivity index (χ4v) is 4.33. The number of carbonyl (C=O) groups is 1. The molecule has 1 N–H and O–H groups in total. The number of benzene rings is 2. The molecule has 1 aromatic heterocycles.